The van der Waals surface area contributed by atoms with E-state index < -0.39 is 11.7 Å². The van der Waals surface area contributed by atoms with Gasteiger partial charge in [-0.2, -0.15) is 13.2 Å². The highest BCUT2D eigenvalue weighted by Gasteiger charge is 2.30. The van der Waals surface area contributed by atoms with E-state index in [4.69, 9.17) is 0 Å². The van der Waals surface area contributed by atoms with Gasteiger partial charge in [-0.3, -0.25) is 4.90 Å². The molecule has 106 valence electrons. The van der Waals surface area contributed by atoms with Crippen LogP contribution in [0, 0.1) is 0 Å². The lowest BCUT2D eigenvalue weighted by atomic mass is 10.1. The summed E-state index contributed by atoms with van der Waals surface area (Å²) in [5.41, 5.74) is 0.340. The van der Waals surface area contributed by atoms with Crippen molar-refractivity contribution in [1.29, 1.82) is 0 Å². The molecule has 0 saturated carbocycles. The van der Waals surface area contributed by atoms with Crippen molar-refractivity contribution in [3.05, 3.63) is 35.4 Å². The number of nitrogens with one attached hydrogen (secondary N) is 1. The summed E-state index contributed by atoms with van der Waals surface area (Å²) >= 11 is 0. The summed E-state index contributed by atoms with van der Waals surface area (Å²) in [6, 6.07) is 6.28. The van der Waals surface area contributed by atoms with Crippen molar-refractivity contribution in [2.24, 2.45) is 0 Å². The van der Waals surface area contributed by atoms with Gasteiger partial charge in [0.05, 0.1) is 5.56 Å². The molecule has 1 aliphatic heterocycles. The van der Waals surface area contributed by atoms with Crippen molar-refractivity contribution in [2.45, 2.75) is 38.7 Å². The monoisotopic (exact) mass is 272 g/mol. The van der Waals surface area contributed by atoms with E-state index in [0.717, 1.165) is 30.8 Å². The van der Waals surface area contributed by atoms with Gasteiger partial charge in [0, 0.05) is 31.7 Å². The van der Waals surface area contributed by atoms with Crippen LogP contribution in [0.2, 0.25) is 0 Å². The number of nitrogens with zero attached hydrogens (tertiary/aromatic N) is 1. The van der Waals surface area contributed by atoms with Gasteiger partial charge in [0.25, 0.3) is 0 Å². The van der Waals surface area contributed by atoms with Gasteiger partial charge < -0.3 is 5.32 Å². The van der Waals surface area contributed by atoms with E-state index >= 15 is 0 Å². The Morgan fingerprint density at radius 1 is 1.11 bits per heavy atom. The number of piperazine rings is 1. The van der Waals surface area contributed by atoms with E-state index in [2.05, 4.69) is 24.1 Å². The maximum Gasteiger partial charge on any atom is 0.416 e. The van der Waals surface area contributed by atoms with Crippen LogP contribution in [0.1, 0.15) is 25.0 Å². The molecule has 0 amide bonds. The van der Waals surface area contributed by atoms with Crippen LogP contribution in [0.3, 0.4) is 0 Å². The molecule has 0 bridgehead atoms. The second-order valence-electron chi connectivity index (χ2n) is 5.36. The van der Waals surface area contributed by atoms with E-state index in [1.807, 2.05) is 0 Å². The molecule has 1 aromatic carbocycles. The van der Waals surface area contributed by atoms with Gasteiger partial charge in [-0.1, -0.05) is 12.1 Å². The van der Waals surface area contributed by atoms with Gasteiger partial charge in [-0.15, -0.1) is 0 Å². The average Bonchev–Trinajstić information content (AvgIpc) is 2.26. The third-order valence-electron chi connectivity index (χ3n) is 3.32. The second kappa shape index (κ2) is 5.51. The maximum atomic E-state index is 12.5. The summed E-state index contributed by atoms with van der Waals surface area (Å²) < 4.78 is 37.4. The zero-order valence-electron chi connectivity index (χ0n) is 11.2. The lowest BCUT2D eigenvalue weighted by molar-refractivity contribution is -0.137. The quantitative estimate of drug-likeness (QED) is 0.890. The average molecular weight is 272 g/mol. The molecule has 0 spiro atoms. The topological polar surface area (TPSA) is 15.3 Å². The second-order valence-corrected chi connectivity index (χ2v) is 5.36. The fourth-order valence-corrected chi connectivity index (χ4v) is 2.63. The highest BCUT2D eigenvalue weighted by atomic mass is 19.4. The molecule has 1 aromatic rings. The van der Waals surface area contributed by atoms with Gasteiger partial charge in [0.15, 0.2) is 0 Å². The van der Waals surface area contributed by atoms with E-state index in [1.54, 1.807) is 12.1 Å². The molecule has 1 N–H and O–H groups in total. The van der Waals surface area contributed by atoms with Crippen molar-refractivity contribution in [1.82, 2.24) is 10.2 Å². The van der Waals surface area contributed by atoms with Gasteiger partial charge in [0.2, 0.25) is 0 Å². The van der Waals surface area contributed by atoms with Gasteiger partial charge in [-0.25, -0.2) is 0 Å². The Bertz CT molecular complexity index is 404. The summed E-state index contributed by atoms with van der Waals surface area (Å²) in [7, 11) is 0. The van der Waals surface area contributed by atoms with Crippen LogP contribution < -0.4 is 5.32 Å². The van der Waals surface area contributed by atoms with Crippen LogP contribution in [-0.2, 0) is 12.7 Å². The van der Waals surface area contributed by atoms with Crippen LogP contribution in [0.5, 0.6) is 0 Å². The number of rotatable bonds is 2. The largest absolute Gasteiger partial charge is 0.416 e. The summed E-state index contributed by atoms with van der Waals surface area (Å²) in [6.07, 6.45) is -4.25. The van der Waals surface area contributed by atoms with Crippen LogP contribution >= 0.6 is 0 Å². The molecule has 2 nitrogen and oxygen atoms in total. The Morgan fingerprint density at radius 2 is 1.63 bits per heavy atom. The fraction of sp³-hybridized carbons (Fsp3) is 0.571. The lowest BCUT2D eigenvalue weighted by Gasteiger charge is -2.36. The number of halogens is 3. The third kappa shape index (κ3) is 3.94. The minimum absolute atomic E-state index is 0.415. The molecule has 1 saturated heterocycles. The number of alkyl halides is 3. The standard InChI is InChI=1S/C14H19F3N2/c1-10-7-19(8-11(2)18-10)9-12-3-5-13(6-4-12)14(15,16)17/h3-6,10-11,18H,7-9H2,1-2H3. The molecule has 19 heavy (non-hydrogen) atoms. The SMILES string of the molecule is CC1CN(Cc2ccc(C(F)(F)F)cc2)CC(C)N1. The molecule has 1 heterocycles. The zero-order chi connectivity index (χ0) is 14.0. The molecular formula is C14H19F3N2. The first-order valence-electron chi connectivity index (χ1n) is 6.49. The first kappa shape index (κ1) is 14.3. The Balaban J connectivity index is 1.99. The third-order valence-corrected chi connectivity index (χ3v) is 3.32. The molecule has 5 heteroatoms. The summed E-state index contributed by atoms with van der Waals surface area (Å²) in [5.74, 6) is 0. The fourth-order valence-electron chi connectivity index (χ4n) is 2.63. The van der Waals surface area contributed by atoms with Crippen LogP contribution in [-0.4, -0.2) is 30.1 Å². The molecule has 1 aliphatic rings. The summed E-state index contributed by atoms with van der Waals surface area (Å²) in [4.78, 5) is 2.27. The van der Waals surface area contributed by atoms with Crippen molar-refractivity contribution >= 4 is 0 Å². The first-order chi connectivity index (χ1) is 8.84. The molecule has 2 unspecified atom stereocenters. The van der Waals surface area contributed by atoms with Crippen molar-refractivity contribution < 1.29 is 13.2 Å². The molecular weight excluding hydrogens is 253 g/mol. The Labute approximate surface area is 111 Å². The number of hydrogen-bond donors (Lipinski definition) is 1. The van der Waals surface area contributed by atoms with E-state index in [-0.39, 0.29) is 0 Å². The molecule has 0 radical (unpaired) electrons. The smallest absolute Gasteiger partial charge is 0.309 e. The lowest BCUT2D eigenvalue weighted by Crippen LogP contribution is -2.53. The molecule has 1 fully saturated rings. The Morgan fingerprint density at radius 3 is 2.11 bits per heavy atom. The summed E-state index contributed by atoms with van der Waals surface area (Å²) in [6.45, 7) is 6.79. The zero-order valence-corrected chi connectivity index (χ0v) is 11.2. The van der Waals surface area contributed by atoms with E-state index in [0.29, 0.717) is 18.6 Å². The number of benzene rings is 1. The molecule has 2 rings (SSSR count). The van der Waals surface area contributed by atoms with E-state index in [1.165, 1.54) is 0 Å². The Hall–Kier alpha value is -1.07. The van der Waals surface area contributed by atoms with Crippen LogP contribution in [0.25, 0.3) is 0 Å². The van der Waals surface area contributed by atoms with Gasteiger partial charge in [0.1, 0.15) is 0 Å². The van der Waals surface area contributed by atoms with E-state index in [9.17, 15) is 13.2 Å². The maximum absolute atomic E-state index is 12.5. The van der Waals surface area contributed by atoms with Crippen molar-refractivity contribution in [3.8, 4) is 0 Å². The minimum atomic E-state index is -4.25. The van der Waals surface area contributed by atoms with Crippen LogP contribution in [0.15, 0.2) is 24.3 Å². The van der Waals surface area contributed by atoms with Gasteiger partial charge >= 0.3 is 6.18 Å². The molecule has 0 aliphatic carbocycles. The van der Waals surface area contributed by atoms with Gasteiger partial charge in [-0.05, 0) is 31.5 Å². The highest BCUT2D eigenvalue weighted by Crippen LogP contribution is 2.29. The normalized spacial score (nSPS) is 25.5. The van der Waals surface area contributed by atoms with Crippen LogP contribution in [0.4, 0.5) is 13.2 Å². The molecule has 0 aromatic heterocycles. The molecule has 2 atom stereocenters. The Kier molecular flexibility index (Phi) is 4.16. The minimum Gasteiger partial charge on any atom is -0.309 e. The first-order valence-corrected chi connectivity index (χ1v) is 6.49. The predicted molar refractivity (Wildman–Crippen MR) is 68.8 cm³/mol. The summed E-state index contributed by atoms with van der Waals surface area (Å²) in [5, 5.41) is 3.43. The van der Waals surface area contributed by atoms with Crippen molar-refractivity contribution in [2.75, 3.05) is 13.1 Å². The van der Waals surface area contributed by atoms with Crippen molar-refractivity contribution in [3.63, 3.8) is 0 Å². The number of hydrogen-bond acceptors (Lipinski definition) is 2. The predicted octanol–water partition coefficient (Wildman–Crippen LogP) is 2.89. The highest BCUT2D eigenvalue weighted by molar-refractivity contribution is 5.24.